The van der Waals surface area contributed by atoms with Gasteiger partial charge in [0.1, 0.15) is 0 Å². The van der Waals surface area contributed by atoms with E-state index in [4.69, 9.17) is 28.9 Å². The van der Waals surface area contributed by atoms with Gasteiger partial charge in [-0.25, -0.2) is 0 Å². The molecule has 146 valence electrons. The van der Waals surface area contributed by atoms with Gasteiger partial charge in [-0.2, -0.15) is 5.10 Å². The monoisotopic (exact) mass is 434 g/mol. The van der Waals surface area contributed by atoms with Crippen molar-refractivity contribution in [2.75, 3.05) is 6.54 Å². The Morgan fingerprint density at radius 1 is 1.36 bits per heavy atom. The number of nitrogens with two attached hydrogens (primary N) is 1. The first kappa shape index (κ1) is 19.5. The Morgan fingerprint density at radius 3 is 3.00 bits per heavy atom. The second kappa shape index (κ2) is 8.25. The van der Waals surface area contributed by atoms with Crippen LogP contribution in [0, 0.1) is 0 Å². The van der Waals surface area contributed by atoms with Crippen molar-refractivity contribution < 1.29 is 4.79 Å². The number of thiophene rings is 1. The molecule has 28 heavy (non-hydrogen) atoms. The van der Waals surface area contributed by atoms with Crippen LogP contribution in [0.5, 0.6) is 0 Å². The van der Waals surface area contributed by atoms with Gasteiger partial charge in [-0.1, -0.05) is 35.3 Å². The van der Waals surface area contributed by atoms with Crippen LogP contribution in [0.4, 0.5) is 0 Å². The fraction of sp³-hybridized carbons (Fsp3) is 0.300. The molecule has 0 bridgehead atoms. The zero-order valence-corrected chi connectivity index (χ0v) is 17.4. The molecule has 1 aromatic carbocycles. The van der Waals surface area contributed by atoms with Crippen molar-refractivity contribution in [1.82, 2.24) is 15.1 Å². The normalized spacial score (nSPS) is 14.1. The molecule has 1 aliphatic heterocycles. The van der Waals surface area contributed by atoms with Crippen molar-refractivity contribution in [3.8, 4) is 11.3 Å². The van der Waals surface area contributed by atoms with Crippen LogP contribution in [-0.2, 0) is 19.4 Å². The zero-order chi connectivity index (χ0) is 19.7. The van der Waals surface area contributed by atoms with Gasteiger partial charge in [-0.3, -0.25) is 9.48 Å². The molecule has 8 heteroatoms. The van der Waals surface area contributed by atoms with Crippen LogP contribution < -0.4 is 11.1 Å². The number of benzene rings is 1. The van der Waals surface area contributed by atoms with Gasteiger partial charge in [0.2, 0.25) is 0 Å². The van der Waals surface area contributed by atoms with Crippen LogP contribution in [0.25, 0.3) is 11.3 Å². The fourth-order valence-electron chi connectivity index (χ4n) is 3.51. The Balaban J connectivity index is 1.54. The highest BCUT2D eigenvalue weighted by molar-refractivity contribution is 7.14. The summed E-state index contributed by atoms with van der Waals surface area (Å²) in [6.45, 7) is 1.18. The number of aromatic nitrogens is 2. The van der Waals surface area contributed by atoms with Crippen LogP contribution in [0.1, 0.15) is 26.5 Å². The van der Waals surface area contributed by atoms with E-state index < -0.39 is 0 Å². The van der Waals surface area contributed by atoms with Crippen molar-refractivity contribution in [3.63, 3.8) is 0 Å². The number of rotatable bonds is 5. The largest absolute Gasteiger partial charge is 0.347 e. The molecule has 1 amide bonds. The molecule has 3 N–H and O–H groups in total. The Labute approximate surface area is 177 Å². The van der Waals surface area contributed by atoms with Gasteiger partial charge in [0, 0.05) is 34.6 Å². The predicted octanol–water partition coefficient (Wildman–Crippen LogP) is 4.16. The maximum Gasteiger partial charge on any atom is 0.261 e. The van der Waals surface area contributed by atoms with E-state index in [2.05, 4.69) is 10.4 Å². The minimum Gasteiger partial charge on any atom is -0.347 e. The lowest BCUT2D eigenvalue weighted by molar-refractivity contribution is 0.0942. The SMILES string of the molecule is NCC(Cc1cccc(Cl)c1)NC(=O)c1cc2c(s1)CCCn1ncc(Cl)c1-2. The number of halogens is 2. The molecule has 0 saturated carbocycles. The topological polar surface area (TPSA) is 72.9 Å². The van der Waals surface area contributed by atoms with Crippen LogP contribution in [-0.4, -0.2) is 28.3 Å². The molecule has 4 rings (SSSR count). The maximum atomic E-state index is 12.9. The number of hydrogen-bond acceptors (Lipinski definition) is 4. The smallest absolute Gasteiger partial charge is 0.261 e. The minimum absolute atomic E-state index is 0.113. The van der Waals surface area contributed by atoms with E-state index in [0.717, 1.165) is 36.2 Å². The molecule has 3 heterocycles. The second-order valence-electron chi connectivity index (χ2n) is 6.86. The van der Waals surface area contributed by atoms with E-state index in [1.165, 1.54) is 16.2 Å². The number of hydrogen-bond donors (Lipinski definition) is 2. The molecule has 5 nitrogen and oxygen atoms in total. The Bertz CT molecular complexity index is 1010. The van der Waals surface area contributed by atoms with Gasteiger partial charge in [-0.05, 0) is 43.0 Å². The van der Waals surface area contributed by atoms with Crippen LogP contribution in [0.2, 0.25) is 10.0 Å². The molecule has 0 radical (unpaired) electrons. The third-order valence-corrected chi connectivity index (χ3v) is 6.55. The van der Waals surface area contributed by atoms with Gasteiger partial charge < -0.3 is 11.1 Å². The Kier molecular flexibility index (Phi) is 5.73. The summed E-state index contributed by atoms with van der Waals surface area (Å²) >= 11 is 13.9. The predicted molar refractivity (Wildman–Crippen MR) is 114 cm³/mol. The Morgan fingerprint density at radius 2 is 2.21 bits per heavy atom. The summed E-state index contributed by atoms with van der Waals surface area (Å²) in [7, 11) is 0. The van der Waals surface area contributed by atoms with E-state index >= 15 is 0 Å². The van der Waals surface area contributed by atoms with Gasteiger partial charge in [0.05, 0.1) is 21.8 Å². The van der Waals surface area contributed by atoms with Crippen molar-refractivity contribution in [1.29, 1.82) is 0 Å². The van der Waals surface area contributed by atoms with Gasteiger partial charge in [0.15, 0.2) is 0 Å². The molecule has 0 spiro atoms. The summed E-state index contributed by atoms with van der Waals surface area (Å²) in [6, 6.07) is 9.37. The summed E-state index contributed by atoms with van der Waals surface area (Å²) in [6.07, 6.45) is 4.18. The van der Waals surface area contributed by atoms with Crippen molar-refractivity contribution in [2.45, 2.75) is 31.8 Å². The zero-order valence-electron chi connectivity index (χ0n) is 15.1. The molecule has 0 saturated heterocycles. The van der Waals surface area contributed by atoms with Crippen LogP contribution in [0.3, 0.4) is 0 Å². The summed E-state index contributed by atoms with van der Waals surface area (Å²) in [4.78, 5) is 14.7. The molecular formula is C20H20Cl2N4OS. The van der Waals surface area contributed by atoms with Crippen molar-refractivity contribution in [2.24, 2.45) is 5.73 Å². The van der Waals surface area contributed by atoms with E-state index in [0.29, 0.717) is 27.9 Å². The fourth-order valence-corrected chi connectivity index (χ4v) is 5.08. The highest BCUT2D eigenvalue weighted by atomic mass is 35.5. The second-order valence-corrected chi connectivity index (χ2v) is 8.84. The van der Waals surface area contributed by atoms with E-state index in [-0.39, 0.29) is 11.9 Å². The number of carbonyl (C=O) groups is 1. The third kappa shape index (κ3) is 3.96. The minimum atomic E-state index is -0.165. The quantitative estimate of drug-likeness (QED) is 0.632. The number of aryl methyl sites for hydroxylation is 2. The lowest BCUT2D eigenvalue weighted by atomic mass is 10.1. The molecular weight excluding hydrogens is 415 g/mol. The van der Waals surface area contributed by atoms with Crippen LogP contribution >= 0.6 is 34.5 Å². The van der Waals surface area contributed by atoms with Gasteiger partial charge in [0.25, 0.3) is 5.91 Å². The maximum absolute atomic E-state index is 12.9. The van der Waals surface area contributed by atoms with Crippen molar-refractivity contribution >= 4 is 40.4 Å². The molecule has 1 unspecified atom stereocenters. The number of amides is 1. The number of nitrogens with zero attached hydrogens (tertiary/aromatic N) is 2. The molecule has 0 aliphatic carbocycles. The molecule has 1 atom stereocenters. The average molecular weight is 435 g/mol. The van der Waals surface area contributed by atoms with E-state index in [9.17, 15) is 4.79 Å². The average Bonchev–Trinajstić information content (AvgIpc) is 3.20. The highest BCUT2D eigenvalue weighted by Crippen LogP contribution is 2.38. The molecule has 3 aromatic rings. The lowest BCUT2D eigenvalue weighted by Gasteiger charge is -2.16. The molecule has 0 fully saturated rings. The summed E-state index contributed by atoms with van der Waals surface area (Å²) < 4.78 is 1.92. The van der Waals surface area contributed by atoms with Gasteiger partial charge in [-0.15, -0.1) is 11.3 Å². The lowest BCUT2D eigenvalue weighted by Crippen LogP contribution is -2.41. The first-order chi connectivity index (χ1) is 13.5. The molecule has 1 aliphatic rings. The van der Waals surface area contributed by atoms with Crippen LogP contribution in [0.15, 0.2) is 36.5 Å². The summed E-state index contributed by atoms with van der Waals surface area (Å²) in [5.74, 6) is -0.113. The molecule has 2 aromatic heterocycles. The summed E-state index contributed by atoms with van der Waals surface area (Å²) in [5.41, 5.74) is 8.85. The highest BCUT2D eigenvalue weighted by Gasteiger charge is 2.24. The Hall–Kier alpha value is -1.86. The first-order valence-corrected chi connectivity index (χ1v) is 10.7. The first-order valence-electron chi connectivity index (χ1n) is 9.15. The van der Waals surface area contributed by atoms with E-state index in [1.807, 2.05) is 35.0 Å². The number of fused-ring (bicyclic) bond motifs is 3. The van der Waals surface area contributed by atoms with Crippen molar-refractivity contribution in [3.05, 3.63) is 61.9 Å². The third-order valence-electron chi connectivity index (χ3n) is 4.85. The number of nitrogens with one attached hydrogen (secondary N) is 1. The van der Waals surface area contributed by atoms with Gasteiger partial charge >= 0.3 is 0 Å². The van der Waals surface area contributed by atoms with E-state index in [1.54, 1.807) is 6.20 Å². The standard InChI is InChI=1S/C20H20Cl2N4OS/c21-13-4-1-3-12(7-13)8-14(10-23)25-20(27)18-9-15-17(28-18)5-2-6-26-19(15)16(22)11-24-26/h1,3-4,7,9,11,14H,2,5-6,8,10,23H2,(H,25,27). The number of carbonyl (C=O) groups excluding carboxylic acids is 1. The summed E-state index contributed by atoms with van der Waals surface area (Å²) in [5, 5.41) is 8.70.